The number of hydrogen-bond acceptors (Lipinski definition) is 1. The summed E-state index contributed by atoms with van der Waals surface area (Å²) in [5.41, 5.74) is 1.81. The molecule has 1 aliphatic heterocycles. The molecule has 2 rings (SSSR count). The third-order valence-electron chi connectivity index (χ3n) is 2.12. The molecular weight excluding hydrogens is 212 g/mol. The molecule has 4 heteroatoms. The van der Waals surface area contributed by atoms with Crippen LogP contribution in [0.2, 0.25) is 5.02 Å². The Labute approximate surface area is 87.7 Å². The van der Waals surface area contributed by atoms with Crippen LogP contribution < -0.4 is 5.32 Å². The van der Waals surface area contributed by atoms with Crippen molar-refractivity contribution in [3.8, 4) is 0 Å². The summed E-state index contributed by atoms with van der Waals surface area (Å²) in [4.78, 5) is 0. The van der Waals surface area contributed by atoms with Crippen molar-refractivity contribution in [1.29, 1.82) is 0 Å². The van der Waals surface area contributed by atoms with Gasteiger partial charge in [-0.1, -0.05) is 11.6 Å². The summed E-state index contributed by atoms with van der Waals surface area (Å²) in [7, 11) is 0. The van der Waals surface area contributed by atoms with Crippen LogP contribution in [-0.4, -0.2) is 6.54 Å². The van der Waals surface area contributed by atoms with Crippen LogP contribution in [0.25, 0.3) is 0 Å². The van der Waals surface area contributed by atoms with E-state index in [2.05, 4.69) is 5.32 Å². The molecule has 1 N–H and O–H groups in total. The zero-order valence-corrected chi connectivity index (χ0v) is 8.51. The number of benzene rings is 1. The van der Waals surface area contributed by atoms with Crippen LogP contribution in [0.1, 0.15) is 11.1 Å². The van der Waals surface area contributed by atoms with Gasteiger partial charge in [0.2, 0.25) is 0 Å². The largest absolute Gasteiger partial charge is 0.312 e. The Hall–Kier alpha value is -0.310. The van der Waals surface area contributed by atoms with Crippen LogP contribution in [0.5, 0.6) is 0 Å². The smallest absolute Gasteiger partial charge is 0.128 e. The highest BCUT2D eigenvalue weighted by molar-refractivity contribution is 6.30. The van der Waals surface area contributed by atoms with Crippen LogP contribution >= 0.6 is 24.0 Å². The maximum absolute atomic E-state index is 13.2. The molecular formula is C9H10Cl2FN. The predicted molar refractivity (Wildman–Crippen MR) is 54.1 cm³/mol. The molecule has 13 heavy (non-hydrogen) atoms. The lowest BCUT2D eigenvalue weighted by Gasteiger charge is -2.17. The second-order valence-electron chi connectivity index (χ2n) is 2.95. The molecule has 0 amide bonds. The highest BCUT2D eigenvalue weighted by Crippen LogP contribution is 2.22. The monoisotopic (exact) mass is 221 g/mol. The first-order valence-electron chi connectivity index (χ1n) is 3.95. The van der Waals surface area contributed by atoms with Gasteiger partial charge in [0, 0.05) is 11.6 Å². The fraction of sp³-hybridized carbons (Fsp3) is 0.333. The zero-order valence-electron chi connectivity index (χ0n) is 6.94. The predicted octanol–water partition coefficient (Wildman–Crippen LogP) is 2.55. The van der Waals surface area contributed by atoms with E-state index in [9.17, 15) is 4.39 Å². The van der Waals surface area contributed by atoms with Gasteiger partial charge >= 0.3 is 0 Å². The lowest BCUT2D eigenvalue weighted by molar-refractivity contribution is 0.569. The molecule has 0 unspecified atom stereocenters. The van der Waals surface area contributed by atoms with E-state index in [1.165, 1.54) is 6.07 Å². The Balaban J connectivity index is 0.000000845. The Morgan fingerprint density at radius 2 is 2.15 bits per heavy atom. The molecule has 1 aromatic rings. The summed E-state index contributed by atoms with van der Waals surface area (Å²) in [5, 5.41) is 3.65. The Morgan fingerprint density at radius 3 is 2.92 bits per heavy atom. The molecule has 0 bridgehead atoms. The van der Waals surface area contributed by atoms with E-state index in [1.54, 1.807) is 0 Å². The van der Waals surface area contributed by atoms with E-state index in [1.807, 2.05) is 6.07 Å². The standard InChI is InChI=1S/C9H9ClFN.ClH/c10-7-3-6-5-12-2-1-8(6)9(11)4-7;/h3-4,12H,1-2,5H2;1H. The second kappa shape index (κ2) is 4.27. The van der Waals surface area contributed by atoms with Gasteiger partial charge in [-0.2, -0.15) is 0 Å². The van der Waals surface area contributed by atoms with Crippen molar-refractivity contribution in [2.45, 2.75) is 13.0 Å². The van der Waals surface area contributed by atoms with Crippen molar-refractivity contribution in [3.05, 3.63) is 34.1 Å². The molecule has 0 radical (unpaired) electrons. The van der Waals surface area contributed by atoms with Crippen molar-refractivity contribution in [2.75, 3.05) is 6.54 Å². The lowest BCUT2D eigenvalue weighted by Crippen LogP contribution is -2.24. The zero-order chi connectivity index (χ0) is 8.55. The Kier molecular flexibility index (Phi) is 3.54. The van der Waals surface area contributed by atoms with Gasteiger partial charge in [0.15, 0.2) is 0 Å². The molecule has 0 atom stereocenters. The third kappa shape index (κ3) is 2.13. The van der Waals surface area contributed by atoms with Gasteiger partial charge < -0.3 is 5.32 Å². The number of nitrogens with one attached hydrogen (secondary N) is 1. The van der Waals surface area contributed by atoms with E-state index >= 15 is 0 Å². The summed E-state index contributed by atoms with van der Waals surface area (Å²) < 4.78 is 13.2. The van der Waals surface area contributed by atoms with Gasteiger partial charge in [-0.15, -0.1) is 12.4 Å². The Bertz CT molecular complexity index is 315. The molecule has 0 spiro atoms. The molecule has 1 heterocycles. The van der Waals surface area contributed by atoms with Crippen LogP contribution in [0.15, 0.2) is 12.1 Å². The molecule has 0 saturated carbocycles. The minimum Gasteiger partial charge on any atom is -0.312 e. The molecule has 72 valence electrons. The first kappa shape index (κ1) is 10.8. The molecule has 1 aromatic carbocycles. The van der Waals surface area contributed by atoms with E-state index in [4.69, 9.17) is 11.6 Å². The van der Waals surface area contributed by atoms with Gasteiger partial charge in [-0.05, 0) is 36.2 Å². The van der Waals surface area contributed by atoms with Crippen LogP contribution in [-0.2, 0) is 13.0 Å². The van der Waals surface area contributed by atoms with Crippen LogP contribution in [0, 0.1) is 5.82 Å². The van der Waals surface area contributed by atoms with Gasteiger partial charge in [-0.3, -0.25) is 0 Å². The van der Waals surface area contributed by atoms with Crippen molar-refractivity contribution in [2.24, 2.45) is 0 Å². The van der Waals surface area contributed by atoms with Crippen molar-refractivity contribution in [1.82, 2.24) is 5.32 Å². The fourth-order valence-electron chi connectivity index (χ4n) is 1.53. The second-order valence-corrected chi connectivity index (χ2v) is 3.39. The average molecular weight is 222 g/mol. The maximum atomic E-state index is 13.2. The van der Waals surface area contributed by atoms with Crippen LogP contribution in [0.3, 0.4) is 0 Å². The van der Waals surface area contributed by atoms with Crippen molar-refractivity contribution < 1.29 is 4.39 Å². The third-order valence-corrected chi connectivity index (χ3v) is 2.34. The molecule has 1 aliphatic rings. The van der Waals surface area contributed by atoms with Crippen molar-refractivity contribution in [3.63, 3.8) is 0 Å². The van der Waals surface area contributed by atoms with E-state index in [0.717, 1.165) is 30.6 Å². The summed E-state index contributed by atoms with van der Waals surface area (Å²) in [5.74, 6) is -0.168. The van der Waals surface area contributed by atoms with Crippen molar-refractivity contribution >= 4 is 24.0 Å². The topological polar surface area (TPSA) is 12.0 Å². The summed E-state index contributed by atoms with van der Waals surface area (Å²) in [6.45, 7) is 1.58. The summed E-state index contributed by atoms with van der Waals surface area (Å²) in [6.07, 6.45) is 0.762. The number of fused-ring (bicyclic) bond motifs is 1. The highest BCUT2D eigenvalue weighted by atomic mass is 35.5. The summed E-state index contributed by atoms with van der Waals surface area (Å²) in [6, 6.07) is 3.21. The lowest BCUT2D eigenvalue weighted by atomic mass is 10.0. The molecule has 0 saturated heterocycles. The fourth-order valence-corrected chi connectivity index (χ4v) is 1.76. The first-order valence-corrected chi connectivity index (χ1v) is 4.32. The van der Waals surface area contributed by atoms with E-state index in [-0.39, 0.29) is 18.2 Å². The Morgan fingerprint density at radius 1 is 1.38 bits per heavy atom. The van der Waals surface area contributed by atoms with E-state index in [0.29, 0.717) is 5.02 Å². The molecule has 1 nitrogen and oxygen atoms in total. The highest BCUT2D eigenvalue weighted by Gasteiger charge is 2.13. The molecule has 0 fully saturated rings. The SMILES string of the molecule is Cl.Fc1cc(Cl)cc2c1CCNC2. The maximum Gasteiger partial charge on any atom is 0.128 e. The summed E-state index contributed by atoms with van der Waals surface area (Å²) >= 11 is 5.71. The number of halogens is 3. The average Bonchev–Trinajstić information content (AvgIpc) is 2.04. The minimum atomic E-state index is -0.168. The van der Waals surface area contributed by atoms with E-state index < -0.39 is 0 Å². The van der Waals surface area contributed by atoms with Gasteiger partial charge in [0.25, 0.3) is 0 Å². The molecule has 0 aromatic heterocycles. The van der Waals surface area contributed by atoms with Gasteiger partial charge in [0.05, 0.1) is 0 Å². The minimum absolute atomic E-state index is 0. The molecule has 0 aliphatic carbocycles. The quantitative estimate of drug-likeness (QED) is 0.711. The normalized spacial score (nSPS) is 14.6. The number of hydrogen-bond donors (Lipinski definition) is 1. The van der Waals surface area contributed by atoms with Gasteiger partial charge in [-0.25, -0.2) is 4.39 Å². The van der Waals surface area contributed by atoms with Crippen LogP contribution in [0.4, 0.5) is 4.39 Å². The van der Waals surface area contributed by atoms with Gasteiger partial charge in [0.1, 0.15) is 5.82 Å². The number of rotatable bonds is 0. The first-order chi connectivity index (χ1) is 5.77.